The minimum Gasteiger partial charge on any atom is -0.379 e. The second-order valence-electron chi connectivity index (χ2n) is 6.97. The SMILES string of the molecule is c1ccc(CCCc2ccc(CCCCCN3CCOCC3)s2)cc1. The van der Waals surface area contributed by atoms with Gasteiger partial charge in [-0.2, -0.15) is 0 Å². The molecule has 0 unspecified atom stereocenters. The number of unbranched alkanes of at least 4 members (excludes halogenated alkanes) is 2. The van der Waals surface area contributed by atoms with E-state index in [0.717, 1.165) is 26.3 Å². The van der Waals surface area contributed by atoms with E-state index in [1.807, 2.05) is 11.3 Å². The Labute approximate surface area is 156 Å². The van der Waals surface area contributed by atoms with Crippen molar-refractivity contribution in [1.29, 1.82) is 0 Å². The molecule has 2 heterocycles. The Morgan fingerprint density at radius 2 is 1.48 bits per heavy atom. The Balaban J connectivity index is 1.26. The van der Waals surface area contributed by atoms with Crippen LogP contribution in [0.4, 0.5) is 0 Å². The van der Waals surface area contributed by atoms with Gasteiger partial charge in [0.15, 0.2) is 0 Å². The van der Waals surface area contributed by atoms with E-state index < -0.39 is 0 Å². The first kappa shape index (κ1) is 18.6. The van der Waals surface area contributed by atoms with Gasteiger partial charge in [-0.15, -0.1) is 11.3 Å². The van der Waals surface area contributed by atoms with Crippen molar-refractivity contribution in [3.63, 3.8) is 0 Å². The first-order valence-corrected chi connectivity index (χ1v) is 10.6. The minimum atomic E-state index is 0.919. The van der Waals surface area contributed by atoms with Gasteiger partial charge in [0.1, 0.15) is 0 Å². The van der Waals surface area contributed by atoms with E-state index in [1.54, 1.807) is 9.75 Å². The second kappa shape index (κ2) is 10.7. The fourth-order valence-electron chi connectivity index (χ4n) is 3.44. The van der Waals surface area contributed by atoms with Crippen molar-refractivity contribution >= 4 is 11.3 Å². The molecule has 0 saturated carbocycles. The van der Waals surface area contributed by atoms with Gasteiger partial charge in [0, 0.05) is 22.8 Å². The smallest absolute Gasteiger partial charge is 0.0594 e. The van der Waals surface area contributed by atoms with Crippen molar-refractivity contribution < 1.29 is 4.74 Å². The monoisotopic (exact) mass is 357 g/mol. The molecule has 1 aromatic heterocycles. The predicted octanol–water partition coefficient (Wildman–Crippen LogP) is 4.97. The van der Waals surface area contributed by atoms with E-state index in [1.165, 1.54) is 57.1 Å². The van der Waals surface area contributed by atoms with Gasteiger partial charge in [-0.3, -0.25) is 4.90 Å². The number of hydrogen-bond donors (Lipinski definition) is 0. The molecule has 0 spiro atoms. The fraction of sp³-hybridized carbons (Fsp3) is 0.545. The molecule has 0 N–H and O–H groups in total. The van der Waals surface area contributed by atoms with Gasteiger partial charge in [0.25, 0.3) is 0 Å². The normalized spacial score (nSPS) is 15.5. The Morgan fingerprint density at radius 3 is 2.24 bits per heavy atom. The van der Waals surface area contributed by atoms with Gasteiger partial charge in [0.05, 0.1) is 13.2 Å². The van der Waals surface area contributed by atoms with Crippen LogP contribution in [0.1, 0.15) is 41.0 Å². The molecule has 2 aromatic rings. The zero-order valence-electron chi connectivity index (χ0n) is 15.3. The summed E-state index contributed by atoms with van der Waals surface area (Å²) in [5.74, 6) is 0. The van der Waals surface area contributed by atoms with Crippen molar-refractivity contribution in [2.45, 2.75) is 44.9 Å². The van der Waals surface area contributed by atoms with E-state index >= 15 is 0 Å². The van der Waals surface area contributed by atoms with Gasteiger partial charge >= 0.3 is 0 Å². The number of benzene rings is 1. The molecule has 3 heteroatoms. The Morgan fingerprint density at radius 1 is 0.760 bits per heavy atom. The lowest BCUT2D eigenvalue weighted by Crippen LogP contribution is -2.36. The zero-order chi connectivity index (χ0) is 17.2. The maximum atomic E-state index is 5.40. The number of aryl methyl sites for hydroxylation is 3. The summed E-state index contributed by atoms with van der Waals surface area (Å²) in [6.07, 6.45) is 8.92. The summed E-state index contributed by atoms with van der Waals surface area (Å²) in [5.41, 5.74) is 1.46. The second-order valence-corrected chi connectivity index (χ2v) is 8.22. The van der Waals surface area contributed by atoms with Crippen LogP contribution in [-0.4, -0.2) is 37.7 Å². The molecule has 1 saturated heterocycles. The molecule has 1 aromatic carbocycles. The minimum absolute atomic E-state index is 0.919. The summed E-state index contributed by atoms with van der Waals surface area (Å²) in [6.45, 7) is 5.33. The topological polar surface area (TPSA) is 12.5 Å². The van der Waals surface area contributed by atoms with Crippen molar-refractivity contribution in [1.82, 2.24) is 4.90 Å². The van der Waals surface area contributed by atoms with Crippen LogP contribution in [0.3, 0.4) is 0 Å². The van der Waals surface area contributed by atoms with Crippen LogP contribution < -0.4 is 0 Å². The summed E-state index contributed by atoms with van der Waals surface area (Å²) < 4.78 is 5.40. The van der Waals surface area contributed by atoms with Crippen LogP contribution in [0.5, 0.6) is 0 Å². The number of rotatable bonds is 10. The largest absolute Gasteiger partial charge is 0.379 e. The molecule has 0 amide bonds. The van der Waals surface area contributed by atoms with Gasteiger partial charge in [-0.25, -0.2) is 0 Å². The number of morpholine rings is 1. The van der Waals surface area contributed by atoms with E-state index in [-0.39, 0.29) is 0 Å². The molecule has 1 aliphatic rings. The number of nitrogens with zero attached hydrogens (tertiary/aromatic N) is 1. The van der Waals surface area contributed by atoms with Crippen LogP contribution in [0.15, 0.2) is 42.5 Å². The van der Waals surface area contributed by atoms with E-state index in [9.17, 15) is 0 Å². The van der Waals surface area contributed by atoms with E-state index in [0.29, 0.717) is 0 Å². The van der Waals surface area contributed by atoms with E-state index in [4.69, 9.17) is 4.74 Å². The molecule has 3 rings (SSSR count). The lowest BCUT2D eigenvalue weighted by Gasteiger charge is -2.26. The molecule has 0 radical (unpaired) electrons. The Kier molecular flexibility index (Phi) is 8.01. The van der Waals surface area contributed by atoms with Crippen molar-refractivity contribution in [3.8, 4) is 0 Å². The van der Waals surface area contributed by atoms with Crippen LogP contribution in [0, 0.1) is 0 Å². The highest BCUT2D eigenvalue weighted by atomic mass is 32.1. The van der Waals surface area contributed by atoms with Gasteiger partial charge in [0.2, 0.25) is 0 Å². The van der Waals surface area contributed by atoms with Crippen LogP contribution in [0.25, 0.3) is 0 Å². The van der Waals surface area contributed by atoms with Gasteiger partial charge in [-0.05, 0) is 62.8 Å². The van der Waals surface area contributed by atoms with Crippen molar-refractivity contribution in [2.75, 3.05) is 32.8 Å². The summed E-state index contributed by atoms with van der Waals surface area (Å²) in [7, 11) is 0. The third-order valence-corrected chi connectivity index (χ3v) is 6.15. The lowest BCUT2D eigenvalue weighted by molar-refractivity contribution is 0.0371. The first-order valence-electron chi connectivity index (χ1n) is 9.82. The molecule has 0 bridgehead atoms. The molecule has 25 heavy (non-hydrogen) atoms. The zero-order valence-corrected chi connectivity index (χ0v) is 16.1. The maximum Gasteiger partial charge on any atom is 0.0594 e. The van der Waals surface area contributed by atoms with Crippen LogP contribution in [-0.2, 0) is 24.0 Å². The third kappa shape index (κ3) is 6.93. The standard InChI is InChI=1S/C22H31NOS/c1-3-8-20(9-4-1)10-7-12-22-14-13-21(25-22)11-5-2-6-15-23-16-18-24-19-17-23/h1,3-4,8-9,13-14H,2,5-7,10-12,15-19H2. The van der Waals surface area contributed by atoms with E-state index in [2.05, 4.69) is 47.4 Å². The molecule has 1 aliphatic heterocycles. The Bertz CT molecular complexity index is 589. The van der Waals surface area contributed by atoms with Gasteiger partial charge < -0.3 is 4.74 Å². The molecule has 2 nitrogen and oxygen atoms in total. The number of thiophene rings is 1. The summed E-state index contributed by atoms with van der Waals surface area (Å²) in [6, 6.07) is 15.5. The molecule has 0 atom stereocenters. The van der Waals surface area contributed by atoms with Gasteiger partial charge in [-0.1, -0.05) is 36.8 Å². The van der Waals surface area contributed by atoms with Crippen molar-refractivity contribution in [2.24, 2.45) is 0 Å². The highest BCUT2D eigenvalue weighted by molar-refractivity contribution is 7.11. The van der Waals surface area contributed by atoms with Crippen molar-refractivity contribution in [3.05, 3.63) is 57.8 Å². The third-order valence-electron chi connectivity index (χ3n) is 4.95. The fourth-order valence-corrected chi connectivity index (χ4v) is 4.54. The molecule has 0 aliphatic carbocycles. The predicted molar refractivity (Wildman–Crippen MR) is 108 cm³/mol. The average molecular weight is 358 g/mol. The quantitative estimate of drug-likeness (QED) is 0.557. The molecule has 1 fully saturated rings. The Hall–Kier alpha value is -1.16. The highest BCUT2D eigenvalue weighted by Gasteiger charge is 2.09. The number of hydrogen-bond acceptors (Lipinski definition) is 3. The molecule has 136 valence electrons. The molecular formula is C22H31NOS. The highest BCUT2D eigenvalue weighted by Crippen LogP contribution is 2.21. The average Bonchev–Trinajstić information content (AvgIpc) is 3.11. The number of ether oxygens (including phenoxy) is 1. The summed E-state index contributed by atoms with van der Waals surface area (Å²) >= 11 is 2.03. The van der Waals surface area contributed by atoms with Crippen LogP contribution >= 0.6 is 11.3 Å². The van der Waals surface area contributed by atoms with Crippen LogP contribution in [0.2, 0.25) is 0 Å². The molecular weight excluding hydrogens is 326 g/mol. The lowest BCUT2D eigenvalue weighted by atomic mass is 10.1. The summed E-state index contributed by atoms with van der Waals surface area (Å²) in [5, 5.41) is 0. The summed E-state index contributed by atoms with van der Waals surface area (Å²) in [4.78, 5) is 5.67. The first-order chi connectivity index (χ1) is 12.4. The maximum absolute atomic E-state index is 5.40.